The van der Waals surface area contributed by atoms with Crippen LogP contribution in [0.1, 0.15) is 49.8 Å². The third-order valence-corrected chi connectivity index (χ3v) is 4.67. The number of carbonyl (C=O) groups excluding carboxylic acids is 1. The van der Waals surface area contributed by atoms with Crippen molar-refractivity contribution in [3.63, 3.8) is 0 Å². The molecule has 0 aliphatic carbocycles. The largest absolute Gasteiger partial charge is 0.448 e. The molecule has 4 heterocycles. The minimum atomic E-state index is -0.592. The van der Waals surface area contributed by atoms with Gasteiger partial charge in [-0.1, -0.05) is 12.1 Å². The maximum Gasteiger partial charge on any atom is 0.258 e. The summed E-state index contributed by atoms with van der Waals surface area (Å²) in [5.41, 5.74) is 1.35. The molecule has 1 fully saturated rings. The minimum Gasteiger partial charge on any atom is -0.448 e. The van der Waals surface area contributed by atoms with Crippen LogP contribution in [0.15, 0.2) is 27.6 Å². The maximum absolute atomic E-state index is 12.4. The smallest absolute Gasteiger partial charge is 0.258 e. The van der Waals surface area contributed by atoms with Crippen LogP contribution in [-0.4, -0.2) is 48.9 Å². The first-order chi connectivity index (χ1) is 13.6. The Morgan fingerprint density at radius 2 is 2.14 bits per heavy atom. The van der Waals surface area contributed by atoms with E-state index in [9.17, 15) is 4.79 Å². The molecule has 0 unspecified atom stereocenters. The van der Waals surface area contributed by atoms with E-state index in [1.165, 1.54) is 6.26 Å². The van der Waals surface area contributed by atoms with Gasteiger partial charge in [0.15, 0.2) is 12.0 Å². The van der Waals surface area contributed by atoms with Crippen molar-refractivity contribution in [1.82, 2.24) is 29.8 Å². The van der Waals surface area contributed by atoms with Gasteiger partial charge >= 0.3 is 0 Å². The SMILES string of the molecule is CCCc1nc(-c2noc([C@@H]3OCC(=O)N(CC)[C@H]3c3cnn(C)c3)n2)co1. The molecule has 28 heavy (non-hydrogen) atoms. The second-order valence-electron chi connectivity index (χ2n) is 6.64. The summed E-state index contributed by atoms with van der Waals surface area (Å²) in [7, 11) is 1.82. The number of rotatable bonds is 6. The van der Waals surface area contributed by atoms with E-state index in [1.54, 1.807) is 15.8 Å². The van der Waals surface area contributed by atoms with Gasteiger partial charge < -0.3 is 18.6 Å². The molecule has 0 radical (unpaired) electrons. The third-order valence-electron chi connectivity index (χ3n) is 4.67. The highest BCUT2D eigenvalue weighted by Gasteiger charge is 2.41. The Morgan fingerprint density at radius 1 is 1.29 bits per heavy atom. The summed E-state index contributed by atoms with van der Waals surface area (Å²) in [6, 6.07) is -0.402. The summed E-state index contributed by atoms with van der Waals surface area (Å²) < 4.78 is 18.4. The van der Waals surface area contributed by atoms with E-state index in [0.29, 0.717) is 24.0 Å². The predicted molar refractivity (Wildman–Crippen MR) is 95.8 cm³/mol. The van der Waals surface area contributed by atoms with Crippen LogP contribution in [-0.2, 0) is 23.0 Å². The molecule has 3 aromatic rings. The van der Waals surface area contributed by atoms with Gasteiger partial charge in [-0.2, -0.15) is 10.1 Å². The number of morpholine rings is 1. The summed E-state index contributed by atoms with van der Waals surface area (Å²) in [5, 5.41) is 8.25. The van der Waals surface area contributed by atoms with E-state index >= 15 is 0 Å². The van der Waals surface area contributed by atoms with Gasteiger partial charge in [0, 0.05) is 31.8 Å². The Bertz CT molecular complexity index is 961. The molecule has 10 nitrogen and oxygen atoms in total. The van der Waals surface area contributed by atoms with E-state index in [2.05, 4.69) is 27.1 Å². The molecule has 0 N–H and O–H groups in total. The highest BCUT2D eigenvalue weighted by molar-refractivity contribution is 5.78. The number of hydrogen-bond acceptors (Lipinski definition) is 8. The molecule has 0 saturated carbocycles. The summed E-state index contributed by atoms with van der Waals surface area (Å²) in [6.45, 7) is 4.46. The quantitative estimate of drug-likeness (QED) is 0.633. The minimum absolute atomic E-state index is 0.0441. The third kappa shape index (κ3) is 3.31. The first kappa shape index (κ1) is 18.4. The van der Waals surface area contributed by atoms with Gasteiger partial charge in [0.2, 0.25) is 11.7 Å². The first-order valence-electron chi connectivity index (χ1n) is 9.28. The zero-order valence-electron chi connectivity index (χ0n) is 16.0. The molecule has 148 valence electrons. The number of amides is 1. The fraction of sp³-hybridized carbons (Fsp3) is 0.500. The van der Waals surface area contributed by atoms with Crippen LogP contribution in [0, 0.1) is 0 Å². The van der Waals surface area contributed by atoms with Gasteiger partial charge in [0.1, 0.15) is 18.6 Å². The van der Waals surface area contributed by atoms with Gasteiger partial charge in [-0.25, -0.2) is 4.98 Å². The van der Waals surface area contributed by atoms with Crippen molar-refractivity contribution in [2.45, 2.75) is 38.8 Å². The molecule has 0 aromatic carbocycles. The fourth-order valence-electron chi connectivity index (χ4n) is 3.38. The number of aromatic nitrogens is 5. The molecular weight excluding hydrogens is 364 g/mol. The van der Waals surface area contributed by atoms with Crippen LogP contribution in [0.2, 0.25) is 0 Å². The van der Waals surface area contributed by atoms with Crippen LogP contribution in [0.3, 0.4) is 0 Å². The molecule has 4 rings (SSSR count). The fourth-order valence-corrected chi connectivity index (χ4v) is 3.38. The first-order valence-corrected chi connectivity index (χ1v) is 9.28. The van der Waals surface area contributed by atoms with Crippen LogP contribution < -0.4 is 0 Å². The average Bonchev–Trinajstić information content (AvgIpc) is 3.42. The lowest BCUT2D eigenvalue weighted by atomic mass is 10.0. The van der Waals surface area contributed by atoms with E-state index in [1.807, 2.05) is 20.2 Å². The number of nitrogens with zero attached hydrogens (tertiary/aromatic N) is 6. The van der Waals surface area contributed by atoms with Crippen molar-refractivity contribution < 1.29 is 18.5 Å². The zero-order valence-corrected chi connectivity index (χ0v) is 16.0. The number of hydrogen-bond donors (Lipinski definition) is 0. The van der Waals surface area contributed by atoms with Gasteiger partial charge in [0.05, 0.1) is 12.2 Å². The van der Waals surface area contributed by atoms with Gasteiger partial charge in [0.25, 0.3) is 5.89 Å². The molecule has 1 saturated heterocycles. The molecule has 1 aliphatic rings. The van der Waals surface area contributed by atoms with Crippen molar-refractivity contribution in [2.75, 3.05) is 13.2 Å². The van der Waals surface area contributed by atoms with Crippen LogP contribution in [0.4, 0.5) is 0 Å². The molecule has 3 aromatic heterocycles. The van der Waals surface area contributed by atoms with Gasteiger partial charge in [-0.05, 0) is 13.3 Å². The zero-order chi connectivity index (χ0) is 19.7. The number of aryl methyl sites for hydroxylation is 2. The van der Waals surface area contributed by atoms with Crippen molar-refractivity contribution in [3.05, 3.63) is 36.0 Å². The van der Waals surface area contributed by atoms with E-state index in [4.69, 9.17) is 13.7 Å². The summed E-state index contributed by atoms with van der Waals surface area (Å²) in [5.74, 6) is 1.16. The monoisotopic (exact) mass is 386 g/mol. The number of ether oxygens (including phenoxy) is 1. The Hall–Kier alpha value is -3.01. The topological polar surface area (TPSA) is 112 Å². The highest BCUT2D eigenvalue weighted by Crippen LogP contribution is 2.39. The van der Waals surface area contributed by atoms with E-state index in [-0.39, 0.29) is 18.4 Å². The predicted octanol–water partition coefficient (Wildman–Crippen LogP) is 2.07. The molecule has 0 bridgehead atoms. The summed E-state index contributed by atoms with van der Waals surface area (Å²) in [4.78, 5) is 23.0. The molecule has 1 aliphatic heterocycles. The molecule has 10 heteroatoms. The van der Waals surface area contributed by atoms with Crippen molar-refractivity contribution >= 4 is 5.91 Å². The average molecular weight is 386 g/mol. The lowest BCUT2D eigenvalue weighted by Crippen LogP contribution is -2.45. The second-order valence-corrected chi connectivity index (χ2v) is 6.64. The number of carbonyl (C=O) groups is 1. The Balaban J connectivity index is 1.66. The van der Waals surface area contributed by atoms with E-state index < -0.39 is 12.1 Å². The van der Waals surface area contributed by atoms with Crippen molar-refractivity contribution in [2.24, 2.45) is 7.05 Å². The normalized spacial score (nSPS) is 20.1. The van der Waals surface area contributed by atoms with Crippen molar-refractivity contribution in [1.29, 1.82) is 0 Å². The molecule has 1 amide bonds. The summed E-state index contributed by atoms with van der Waals surface area (Å²) in [6.07, 6.45) is 6.17. The lowest BCUT2D eigenvalue weighted by Gasteiger charge is -2.38. The van der Waals surface area contributed by atoms with Crippen molar-refractivity contribution in [3.8, 4) is 11.5 Å². The standard InChI is InChI=1S/C18H22N6O4/c1-4-6-13-20-12(9-26-13)17-21-18(28-22-17)16-15(11-7-19-23(3)8-11)24(5-2)14(25)10-27-16/h7-9,15-16H,4-6,10H2,1-3H3/t15-,16+/m0/s1. The Morgan fingerprint density at radius 3 is 2.86 bits per heavy atom. The second kappa shape index (κ2) is 7.55. The van der Waals surface area contributed by atoms with E-state index in [0.717, 1.165) is 18.4 Å². The molecule has 0 spiro atoms. The Kier molecular flexibility index (Phi) is 4.95. The maximum atomic E-state index is 12.4. The highest BCUT2D eigenvalue weighted by atomic mass is 16.5. The molecular formula is C18H22N6O4. The molecule has 2 atom stereocenters. The van der Waals surface area contributed by atoms with Gasteiger partial charge in [-0.3, -0.25) is 9.48 Å². The van der Waals surface area contributed by atoms with Gasteiger partial charge in [-0.15, -0.1) is 0 Å². The number of likely N-dealkylation sites (N-methyl/N-ethyl adjacent to an activating group) is 1. The van der Waals surface area contributed by atoms with Crippen LogP contribution in [0.5, 0.6) is 0 Å². The summed E-state index contributed by atoms with van der Waals surface area (Å²) >= 11 is 0. The van der Waals surface area contributed by atoms with Crippen LogP contribution >= 0.6 is 0 Å². The van der Waals surface area contributed by atoms with Crippen LogP contribution in [0.25, 0.3) is 11.5 Å². The number of oxazole rings is 1. The lowest BCUT2D eigenvalue weighted by molar-refractivity contribution is -0.160. The Labute approximate surface area is 161 Å².